The van der Waals surface area contributed by atoms with Crippen molar-refractivity contribution in [3.05, 3.63) is 65.7 Å². The maximum absolute atomic E-state index is 12.3. The molecule has 0 aromatic heterocycles. The first-order valence-corrected chi connectivity index (χ1v) is 11.2. The quantitative estimate of drug-likeness (QED) is 0.736. The van der Waals surface area contributed by atoms with E-state index in [1.165, 1.54) is 0 Å². The first-order chi connectivity index (χ1) is 15.1. The highest BCUT2D eigenvalue weighted by molar-refractivity contribution is 8.15. The van der Waals surface area contributed by atoms with E-state index in [-0.39, 0.29) is 35.2 Å². The maximum Gasteiger partial charge on any atom is 0.410 e. The van der Waals surface area contributed by atoms with Crippen LogP contribution in [-0.2, 0) is 22.6 Å². The van der Waals surface area contributed by atoms with Gasteiger partial charge in [0, 0.05) is 25.9 Å². The fourth-order valence-corrected chi connectivity index (χ4v) is 4.46. The molecule has 2 fully saturated rings. The largest absolute Gasteiger partial charge is 0.490 e. The Morgan fingerprint density at radius 1 is 1.00 bits per heavy atom. The van der Waals surface area contributed by atoms with Crippen molar-refractivity contribution in [1.82, 2.24) is 10.2 Å². The van der Waals surface area contributed by atoms with Gasteiger partial charge in [-0.15, -0.1) is 0 Å². The SMILES string of the molecule is O=C1NC(=O)C(Cc2ccc(OC3CCN(C(=O)OCc4ccccc4)CC3)cc2)S1. The molecule has 1 N–H and O–H groups in total. The summed E-state index contributed by atoms with van der Waals surface area (Å²) in [5.74, 6) is 0.526. The van der Waals surface area contributed by atoms with E-state index in [0.29, 0.717) is 19.5 Å². The average Bonchev–Trinajstić information content (AvgIpc) is 3.11. The lowest BCUT2D eigenvalue weighted by Gasteiger charge is -2.31. The summed E-state index contributed by atoms with van der Waals surface area (Å²) in [6, 6.07) is 17.2. The number of carbonyl (C=O) groups is 3. The van der Waals surface area contributed by atoms with E-state index in [1.807, 2.05) is 54.6 Å². The Bertz CT molecular complexity index is 927. The molecule has 1 atom stereocenters. The summed E-state index contributed by atoms with van der Waals surface area (Å²) < 4.78 is 11.5. The number of nitrogens with one attached hydrogen (secondary N) is 1. The van der Waals surface area contributed by atoms with E-state index in [0.717, 1.165) is 41.5 Å². The van der Waals surface area contributed by atoms with Crippen molar-refractivity contribution in [3.8, 4) is 5.75 Å². The number of thioether (sulfide) groups is 1. The van der Waals surface area contributed by atoms with Gasteiger partial charge in [0.1, 0.15) is 18.5 Å². The summed E-state index contributed by atoms with van der Waals surface area (Å²) in [7, 11) is 0. The average molecular weight is 441 g/mol. The Morgan fingerprint density at radius 3 is 2.35 bits per heavy atom. The maximum atomic E-state index is 12.3. The van der Waals surface area contributed by atoms with Gasteiger partial charge in [-0.25, -0.2) is 4.79 Å². The third-order valence-electron chi connectivity index (χ3n) is 5.32. The summed E-state index contributed by atoms with van der Waals surface area (Å²) in [4.78, 5) is 37.0. The highest BCUT2D eigenvalue weighted by atomic mass is 32.2. The number of likely N-dealkylation sites (tertiary alicyclic amines) is 1. The van der Waals surface area contributed by atoms with Crippen LogP contribution in [0.3, 0.4) is 0 Å². The van der Waals surface area contributed by atoms with Gasteiger partial charge in [-0.3, -0.25) is 14.9 Å². The van der Waals surface area contributed by atoms with Crippen molar-refractivity contribution in [3.63, 3.8) is 0 Å². The highest BCUT2D eigenvalue weighted by Gasteiger charge is 2.31. The van der Waals surface area contributed by atoms with Crippen molar-refractivity contribution < 1.29 is 23.9 Å². The minimum absolute atomic E-state index is 0.0396. The molecule has 0 bridgehead atoms. The topological polar surface area (TPSA) is 84.9 Å². The second-order valence-corrected chi connectivity index (χ2v) is 8.75. The summed E-state index contributed by atoms with van der Waals surface area (Å²) in [6.45, 7) is 1.47. The second kappa shape index (κ2) is 9.87. The number of nitrogens with zero attached hydrogens (tertiary/aromatic N) is 1. The van der Waals surface area contributed by atoms with E-state index >= 15 is 0 Å². The number of hydrogen-bond acceptors (Lipinski definition) is 6. The number of ether oxygens (including phenoxy) is 2. The van der Waals surface area contributed by atoms with Crippen molar-refractivity contribution in [1.29, 1.82) is 0 Å². The molecule has 0 radical (unpaired) electrons. The third kappa shape index (κ3) is 5.79. The van der Waals surface area contributed by atoms with E-state index in [2.05, 4.69) is 5.32 Å². The van der Waals surface area contributed by atoms with Gasteiger partial charge in [-0.2, -0.15) is 0 Å². The molecule has 2 saturated heterocycles. The van der Waals surface area contributed by atoms with Gasteiger partial charge in [-0.1, -0.05) is 54.2 Å². The first kappa shape index (κ1) is 21.2. The molecule has 2 aromatic rings. The second-order valence-electron chi connectivity index (χ2n) is 7.58. The predicted octanol–water partition coefficient (Wildman–Crippen LogP) is 3.76. The van der Waals surface area contributed by atoms with Crippen LogP contribution in [0.15, 0.2) is 54.6 Å². The van der Waals surface area contributed by atoms with Crippen LogP contribution >= 0.6 is 11.8 Å². The minimum Gasteiger partial charge on any atom is -0.490 e. The monoisotopic (exact) mass is 440 g/mol. The third-order valence-corrected chi connectivity index (χ3v) is 6.30. The zero-order chi connectivity index (χ0) is 21.6. The molecule has 2 heterocycles. The molecule has 1 unspecified atom stereocenters. The predicted molar refractivity (Wildman–Crippen MR) is 117 cm³/mol. The normalized spacial score (nSPS) is 19.2. The zero-order valence-corrected chi connectivity index (χ0v) is 17.8. The number of benzene rings is 2. The van der Waals surface area contributed by atoms with Crippen LogP contribution in [0.2, 0.25) is 0 Å². The van der Waals surface area contributed by atoms with Crippen LogP contribution in [0.25, 0.3) is 0 Å². The molecule has 0 spiro atoms. The Balaban J connectivity index is 1.20. The molecule has 0 saturated carbocycles. The number of rotatable bonds is 6. The van der Waals surface area contributed by atoms with Crippen molar-refractivity contribution >= 4 is 29.0 Å². The Hall–Kier alpha value is -3.00. The summed E-state index contributed by atoms with van der Waals surface area (Å²) >= 11 is 1.03. The van der Waals surface area contributed by atoms with Gasteiger partial charge in [0.15, 0.2) is 0 Å². The van der Waals surface area contributed by atoms with Crippen LogP contribution in [0.1, 0.15) is 24.0 Å². The number of carbonyl (C=O) groups excluding carboxylic acids is 3. The molecule has 7 nitrogen and oxygen atoms in total. The van der Waals surface area contributed by atoms with Gasteiger partial charge in [-0.05, 0) is 29.7 Å². The van der Waals surface area contributed by atoms with Crippen molar-refractivity contribution in [2.75, 3.05) is 13.1 Å². The first-order valence-electron chi connectivity index (χ1n) is 10.3. The number of piperidine rings is 1. The van der Waals surface area contributed by atoms with Gasteiger partial charge in [0.25, 0.3) is 5.24 Å². The van der Waals surface area contributed by atoms with E-state index < -0.39 is 0 Å². The van der Waals surface area contributed by atoms with Crippen LogP contribution in [0.4, 0.5) is 9.59 Å². The molecule has 0 aliphatic carbocycles. The van der Waals surface area contributed by atoms with Gasteiger partial charge in [0.2, 0.25) is 5.91 Å². The van der Waals surface area contributed by atoms with E-state index in [4.69, 9.17) is 9.47 Å². The molecule has 2 aliphatic heterocycles. The van der Waals surface area contributed by atoms with Crippen LogP contribution < -0.4 is 10.1 Å². The number of imide groups is 1. The Labute approximate surface area is 185 Å². The molecular formula is C23H24N2O5S. The standard InChI is InChI=1S/C23H24N2O5S/c26-21-20(31-22(27)24-21)14-16-6-8-18(9-7-16)30-19-10-12-25(13-11-19)23(28)29-15-17-4-2-1-3-5-17/h1-9,19-20H,10-15H2,(H,24,26,27). The van der Waals surface area contributed by atoms with Crippen molar-refractivity contribution in [2.45, 2.75) is 37.2 Å². The highest BCUT2D eigenvalue weighted by Crippen LogP contribution is 2.25. The van der Waals surface area contributed by atoms with Crippen LogP contribution in [0, 0.1) is 0 Å². The zero-order valence-electron chi connectivity index (χ0n) is 17.0. The molecule has 4 rings (SSSR count). The molecule has 8 heteroatoms. The Kier molecular flexibility index (Phi) is 6.76. The molecular weight excluding hydrogens is 416 g/mol. The lowest BCUT2D eigenvalue weighted by Crippen LogP contribution is -2.42. The van der Waals surface area contributed by atoms with E-state index in [9.17, 15) is 14.4 Å². The molecule has 3 amide bonds. The summed E-state index contributed by atoms with van der Waals surface area (Å²) in [5, 5.41) is 1.65. The number of amides is 3. The van der Waals surface area contributed by atoms with Gasteiger partial charge < -0.3 is 14.4 Å². The van der Waals surface area contributed by atoms with Gasteiger partial charge in [0.05, 0.1) is 5.25 Å². The lowest BCUT2D eigenvalue weighted by molar-refractivity contribution is -0.118. The van der Waals surface area contributed by atoms with Crippen LogP contribution in [-0.4, -0.2) is 46.6 Å². The fraction of sp³-hybridized carbons (Fsp3) is 0.348. The Morgan fingerprint density at radius 2 is 1.71 bits per heavy atom. The van der Waals surface area contributed by atoms with E-state index in [1.54, 1.807) is 4.90 Å². The molecule has 2 aromatic carbocycles. The minimum atomic E-state index is -0.370. The molecule has 31 heavy (non-hydrogen) atoms. The van der Waals surface area contributed by atoms with Crippen LogP contribution in [0.5, 0.6) is 5.75 Å². The number of hydrogen-bond donors (Lipinski definition) is 1. The van der Waals surface area contributed by atoms with Crippen molar-refractivity contribution in [2.24, 2.45) is 0 Å². The molecule has 2 aliphatic rings. The smallest absolute Gasteiger partial charge is 0.410 e. The lowest BCUT2D eigenvalue weighted by atomic mass is 10.1. The summed E-state index contributed by atoms with van der Waals surface area (Å²) in [5.41, 5.74) is 1.95. The summed E-state index contributed by atoms with van der Waals surface area (Å²) in [6.07, 6.45) is 1.73. The molecule has 162 valence electrons. The van der Waals surface area contributed by atoms with Gasteiger partial charge >= 0.3 is 6.09 Å². The fourth-order valence-electron chi connectivity index (χ4n) is 3.61.